The zero-order valence-electron chi connectivity index (χ0n) is 22.8. The van der Waals surface area contributed by atoms with Gasteiger partial charge in [-0.2, -0.15) is 0 Å². The molecule has 0 aliphatic heterocycles. The molecule has 3 amide bonds. The van der Waals surface area contributed by atoms with Crippen LogP contribution in [0.25, 0.3) is 6.08 Å². The minimum Gasteiger partial charge on any atom is -0.497 e. The van der Waals surface area contributed by atoms with Crippen molar-refractivity contribution in [1.82, 2.24) is 5.32 Å². The van der Waals surface area contributed by atoms with Crippen LogP contribution in [0.3, 0.4) is 0 Å². The first kappa shape index (κ1) is 30.4. The Kier molecular flexibility index (Phi) is 10.8. The number of amides is 3. The number of carbonyl (C=O) groups excluding carboxylic acids is 3. The van der Waals surface area contributed by atoms with Crippen LogP contribution in [-0.2, 0) is 9.59 Å². The number of benzene rings is 4. The number of hydrogen-bond donors (Lipinski definition) is 3. The monoisotopic (exact) mass is 645 g/mol. The number of nitrogens with one attached hydrogen (secondary N) is 3. The van der Waals surface area contributed by atoms with Gasteiger partial charge in [0.15, 0.2) is 0 Å². The third kappa shape index (κ3) is 8.73. The van der Waals surface area contributed by atoms with E-state index in [9.17, 15) is 14.4 Å². The molecule has 8 nitrogen and oxygen atoms in total. The fourth-order valence-electron chi connectivity index (χ4n) is 3.75. The molecule has 42 heavy (non-hydrogen) atoms. The molecule has 0 saturated carbocycles. The van der Waals surface area contributed by atoms with Crippen molar-refractivity contribution in [2.75, 3.05) is 30.6 Å². The summed E-state index contributed by atoms with van der Waals surface area (Å²) in [6.07, 6.45) is 1.61. The molecule has 0 spiro atoms. The van der Waals surface area contributed by atoms with Gasteiger partial charge in [-0.15, -0.1) is 11.8 Å². The highest BCUT2D eigenvalue weighted by molar-refractivity contribution is 9.10. The molecule has 0 heterocycles. The predicted molar refractivity (Wildman–Crippen MR) is 170 cm³/mol. The molecule has 0 fully saturated rings. The van der Waals surface area contributed by atoms with Crippen LogP contribution in [0.2, 0.25) is 0 Å². The van der Waals surface area contributed by atoms with Crippen LogP contribution >= 0.6 is 27.7 Å². The molecule has 0 bridgehead atoms. The fourth-order valence-corrected chi connectivity index (χ4v) is 4.71. The summed E-state index contributed by atoms with van der Waals surface area (Å²) in [5.74, 6) is 0.215. The molecule has 0 aromatic heterocycles. The maximum absolute atomic E-state index is 13.2. The van der Waals surface area contributed by atoms with Gasteiger partial charge in [0.2, 0.25) is 5.91 Å². The van der Waals surface area contributed by atoms with E-state index in [4.69, 9.17) is 9.47 Å². The predicted octanol–water partition coefficient (Wildman–Crippen LogP) is 6.61. The van der Waals surface area contributed by atoms with E-state index in [1.807, 2.05) is 30.3 Å². The Morgan fingerprint density at radius 3 is 2.21 bits per heavy atom. The minimum atomic E-state index is -0.478. The molecule has 0 unspecified atom stereocenters. The summed E-state index contributed by atoms with van der Waals surface area (Å²) in [7, 11) is 3.08. The van der Waals surface area contributed by atoms with Gasteiger partial charge in [0.05, 0.1) is 25.7 Å². The number of anilines is 2. The van der Waals surface area contributed by atoms with Crippen molar-refractivity contribution in [3.05, 3.63) is 118 Å². The number of halogens is 1. The molecule has 10 heteroatoms. The van der Waals surface area contributed by atoms with E-state index in [0.29, 0.717) is 28.4 Å². The van der Waals surface area contributed by atoms with E-state index < -0.39 is 11.8 Å². The van der Waals surface area contributed by atoms with E-state index in [2.05, 4.69) is 31.9 Å². The zero-order valence-corrected chi connectivity index (χ0v) is 25.3. The van der Waals surface area contributed by atoms with Gasteiger partial charge in [-0.3, -0.25) is 14.4 Å². The molecule has 214 valence electrons. The molecular formula is C32H28BrN3O5S. The topological polar surface area (TPSA) is 106 Å². The smallest absolute Gasteiger partial charge is 0.272 e. The second-order valence-corrected chi connectivity index (χ2v) is 10.8. The van der Waals surface area contributed by atoms with Crippen LogP contribution in [-0.4, -0.2) is 37.7 Å². The number of rotatable bonds is 11. The number of methoxy groups -OCH3 is 2. The molecule has 4 aromatic carbocycles. The second kappa shape index (κ2) is 14.9. The highest BCUT2D eigenvalue weighted by Gasteiger charge is 2.15. The van der Waals surface area contributed by atoms with Gasteiger partial charge in [-0.25, -0.2) is 0 Å². The maximum atomic E-state index is 13.2. The highest BCUT2D eigenvalue weighted by Crippen LogP contribution is 2.29. The van der Waals surface area contributed by atoms with Crippen LogP contribution < -0.4 is 25.4 Å². The van der Waals surface area contributed by atoms with Crippen molar-refractivity contribution in [2.24, 2.45) is 0 Å². The minimum absolute atomic E-state index is 0.0919. The Labute approximate surface area is 256 Å². The Morgan fingerprint density at radius 1 is 0.833 bits per heavy atom. The largest absolute Gasteiger partial charge is 0.497 e. The quantitative estimate of drug-likeness (QED) is 0.125. The zero-order chi connectivity index (χ0) is 29.9. The molecular weight excluding hydrogens is 618 g/mol. The molecule has 0 radical (unpaired) electrons. The Balaban J connectivity index is 1.40. The average Bonchev–Trinajstić information content (AvgIpc) is 3.01. The normalized spacial score (nSPS) is 10.9. The van der Waals surface area contributed by atoms with Crippen molar-refractivity contribution in [2.45, 2.75) is 4.90 Å². The van der Waals surface area contributed by atoms with Crippen molar-refractivity contribution in [3.8, 4) is 11.5 Å². The van der Waals surface area contributed by atoms with Gasteiger partial charge in [0, 0.05) is 26.7 Å². The number of ether oxygens (including phenoxy) is 2. The van der Waals surface area contributed by atoms with Gasteiger partial charge in [-0.1, -0.05) is 46.3 Å². The first-order valence-electron chi connectivity index (χ1n) is 12.7. The number of carbonyl (C=O) groups is 3. The van der Waals surface area contributed by atoms with Crippen molar-refractivity contribution in [3.63, 3.8) is 0 Å². The molecule has 4 rings (SSSR count). The molecule has 4 aromatic rings. The number of hydrogen-bond acceptors (Lipinski definition) is 6. The summed E-state index contributed by atoms with van der Waals surface area (Å²) in [4.78, 5) is 39.5. The fraction of sp³-hybridized carbons (Fsp3) is 0.0938. The van der Waals surface area contributed by atoms with E-state index in [1.165, 1.54) is 18.9 Å². The lowest BCUT2D eigenvalue weighted by Gasteiger charge is -2.12. The van der Waals surface area contributed by atoms with Gasteiger partial charge >= 0.3 is 0 Å². The molecule has 0 aliphatic carbocycles. The second-order valence-electron chi connectivity index (χ2n) is 8.81. The van der Waals surface area contributed by atoms with Crippen LogP contribution in [0.4, 0.5) is 11.4 Å². The third-order valence-electron chi connectivity index (χ3n) is 5.87. The lowest BCUT2D eigenvalue weighted by atomic mass is 10.1. The lowest BCUT2D eigenvalue weighted by Crippen LogP contribution is -2.30. The van der Waals surface area contributed by atoms with Crippen molar-refractivity contribution in [1.29, 1.82) is 0 Å². The molecule has 3 N–H and O–H groups in total. The lowest BCUT2D eigenvalue weighted by molar-refractivity contribution is -0.114. The van der Waals surface area contributed by atoms with Gasteiger partial charge in [0.1, 0.15) is 17.2 Å². The third-order valence-corrected chi connectivity index (χ3v) is 7.41. The number of thioether (sulfide) groups is 1. The van der Waals surface area contributed by atoms with Crippen molar-refractivity contribution >= 4 is 62.9 Å². The van der Waals surface area contributed by atoms with Crippen LogP contribution in [0, 0.1) is 0 Å². The Bertz CT molecular complexity index is 1580. The summed E-state index contributed by atoms with van der Waals surface area (Å²) >= 11 is 4.75. The van der Waals surface area contributed by atoms with Crippen LogP contribution in [0.1, 0.15) is 15.9 Å². The van der Waals surface area contributed by atoms with E-state index in [1.54, 1.807) is 79.9 Å². The highest BCUT2D eigenvalue weighted by atomic mass is 79.9. The van der Waals surface area contributed by atoms with Crippen molar-refractivity contribution < 1.29 is 23.9 Å². The Hall–Kier alpha value is -4.54. The standard InChI is InChI=1S/C32H28BrN3O5S/c1-40-25-14-17-29(41-2)27(19-25)35-30(37)20-42-26-15-12-24(13-16-26)34-32(39)28(18-21-8-10-23(33)11-9-21)36-31(38)22-6-4-3-5-7-22/h3-19H,20H2,1-2H3,(H,34,39)(H,35,37)(H,36,38)/b28-18-. The molecule has 0 aliphatic rings. The van der Waals surface area contributed by atoms with Gasteiger partial charge in [-0.05, 0) is 72.3 Å². The Morgan fingerprint density at radius 2 is 1.55 bits per heavy atom. The first-order valence-corrected chi connectivity index (χ1v) is 14.5. The summed E-state index contributed by atoms with van der Waals surface area (Å²) < 4.78 is 11.4. The van der Waals surface area contributed by atoms with Gasteiger partial charge in [0.25, 0.3) is 11.8 Å². The summed E-state index contributed by atoms with van der Waals surface area (Å²) in [5.41, 5.74) is 2.32. The van der Waals surface area contributed by atoms with E-state index in [-0.39, 0.29) is 17.4 Å². The first-order chi connectivity index (χ1) is 20.3. The van der Waals surface area contributed by atoms with Crippen LogP contribution in [0.15, 0.2) is 112 Å². The summed E-state index contributed by atoms with van der Waals surface area (Å²) in [6, 6.07) is 28.3. The molecule has 0 saturated heterocycles. The summed E-state index contributed by atoms with van der Waals surface area (Å²) in [6.45, 7) is 0. The SMILES string of the molecule is COc1ccc(OC)c(NC(=O)CSc2ccc(NC(=O)/C(=C/c3ccc(Br)cc3)NC(=O)c3ccccc3)cc2)c1. The van der Waals surface area contributed by atoms with E-state index in [0.717, 1.165) is 14.9 Å². The molecule has 0 atom stereocenters. The van der Waals surface area contributed by atoms with Crippen LogP contribution in [0.5, 0.6) is 11.5 Å². The maximum Gasteiger partial charge on any atom is 0.272 e. The summed E-state index contributed by atoms with van der Waals surface area (Å²) in [5, 5.41) is 8.40. The van der Waals surface area contributed by atoms with E-state index >= 15 is 0 Å². The average molecular weight is 647 g/mol. The van der Waals surface area contributed by atoms with Gasteiger partial charge < -0.3 is 25.4 Å².